The largest absolute Gasteiger partial charge is 0.508 e. The second-order valence-corrected chi connectivity index (χ2v) is 6.40. The average molecular weight is 380 g/mol. The fourth-order valence-electron chi connectivity index (χ4n) is 2.40. The molecular formula is C18H28N4O5. The van der Waals surface area contributed by atoms with Gasteiger partial charge in [0.2, 0.25) is 11.8 Å². The van der Waals surface area contributed by atoms with Crippen molar-refractivity contribution in [3.63, 3.8) is 0 Å². The molecule has 1 rings (SSSR count). The summed E-state index contributed by atoms with van der Waals surface area (Å²) in [5.41, 5.74) is 11.6. The highest BCUT2D eigenvalue weighted by molar-refractivity contribution is 5.91. The number of carboxylic acids is 1. The van der Waals surface area contributed by atoms with E-state index in [1.807, 2.05) is 0 Å². The first-order valence-corrected chi connectivity index (χ1v) is 8.81. The lowest BCUT2D eigenvalue weighted by atomic mass is 10.0. The molecule has 0 fully saturated rings. The number of aliphatic carboxylic acids is 1. The molecule has 9 heteroatoms. The number of benzene rings is 1. The van der Waals surface area contributed by atoms with Crippen LogP contribution in [0.5, 0.6) is 5.75 Å². The van der Waals surface area contributed by atoms with Crippen molar-refractivity contribution in [2.45, 2.75) is 50.7 Å². The lowest BCUT2D eigenvalue weighted by Gasteiger charge is -2.22. The number of nitrogens with one attached hydrogen (secondary N) is 2. The molecule has 9 nitrogen and oxygen atoms in total. The Morgan fingerprint density at radius 1 is 1.04 bits per heavy atom. The van der Waals surface area contributed by atoms with Crippen molar-refractivity contribution < 1.29 is 24.6 Å². The van der Waals surface area contributed by atoms with E-state index in [1.165, 1.54) is 19.1 Å². The number of rotatable bonds is 11. The molecule has 0 heterocycles. The van der Waals surface area contributed by atoms with Gasteiger partial charge in [-0.3, -0.25) is 9.59 Å². The number of amides is 2. The molecule has 0 saturated carbocycles. The van der Waals surface area contributed by atoms with Gasteiger partial charge in [-0.1, -0.05) is 12.1 Å². The van der Waals surface area contributed by atoms with Crippen LogP contribution in [0.4, 0.5) is 0 Å². The van der Waals surface area contributed by atoms with Gasteiger partial charge in [-0.05, 0) is 50.4 Å². The second-order valence-electron chi connectivity index (χ2n) is 6.40. The molecule has 0 aliphatic heterocycles. The van der Waals surface area contributed by atoms with Crippen molar-refractivity contribution in [1.29, 1.82) is 0 Å². The number of carbonyl (C=O) groups excluding carboxylic acids is 2. The molecule has 3 unspecified atom stereocenters. The van der Waals surface area contributed by atoms with Gasteiger partial charge in [-0.15, -0.1) is 0 Å². The van der Waals surface area contributed by atoms with Crippen molar-refractivity contribution in [2.75, 3.05) is 6.54 Å². The predicted molar refractivity (Wildman–Crippen MR) is 99.9 cm³/mol. The van der Waals surface area contributed by atoms with E-state index in [0.29, 0.717) is 24.9 Å². The molecule has 1 aromatic rings. The number of hydrogen-bond donors (Lipinski definition) is 6. The van der Waals surface area contributed by atoms with Crippen molar-refractivity contribution in [3.05, 3.63) is 29.8 Å². The summed E-state index contributed by atoms with van der Waals surface area (Å²) in [4.78, 5) is 36.0. The van der Waals surface area contributed by atoms with Gasteiger partial charge >= 0.3 is 5.97 Å². The Morgan fingerprint density at radius 3 is 2.15 bits per heavy atom. The highest BCUT2D eigenvalue weighted by atomic mass is 16.4. The van der Waals surface area contributed by atoms with Crippen LogP contribution >= 0.6 is 0 Å². The Balaban J connectivity index is 2.87. The minimum atomic E-state index is -1.15. The summed E-state index contributed by atoms with van der Waals surface area (Å²) < 4.78 is 0. The summed E-state index contributed by atoms with van der Waals surface area (Å²) in [6.07, 6.45) is 1.58. The second kappa shape index (κ2) is 11.1. The molecule has 8 N–H and O–H groups in total. The molecule has 0 bridgehead atoms. The molecule has 0 radical (unpaired) electrons. The first kappa shape index (κ1) is 22.4. The van der Waals surface area contributed by atoms with E-state index in [1.54, 1.807) is 12.1 Å². The number of unbranched alkanes of at least 4 members (excludes halogenated alkanes) is 1. The van der Waals surface area contributed by atoms with Crippen molar-refractivity contribution in [1.82, 2.24) is 10.6 Å². The van der Waals surface area contributed by atoms with Gasteiger partial charge in [0.05, 0.1) is 6.04 Å². The molecule has 0 spiro atoms. The third kappa shape index (κ3) is 8.06. The van der Waals surface area contributed by atoms with E-state index in [2.05, 4.69) is 10.6 Å². The Hall–Kier alpha value is -2.65. The Kier molecular flexibility index (Phi) is 9.24. The number of aromatic hydroxyl groups is 1. The number of nitrogens with two attached hydrogens (primary N) is 2. The molecule has 3 atom stereocenters. The maximum Gasteiger partial charge on any atom is 0.326 e. The zero-order valence-electron chi connectivity index (χ0n) is 15.4. The summed E-state index contributed by atoms with van der Waals surface area (Å²) in [6, 6.07) is 3.27. The fourth-order valence-corrected chi connectivity index (χ4v) is 2.40. The minimum absolute atomic E-state index is 0.0743. The highest BCUT2D eigenvalue weighted by Gasteiger charge is 2.27. The third-order valence-electron chi connectivity index (χ3n) is 3.98. The average Bonchev–Trinajstić information content (AvgIpc) is 2.61. The van der Waals surface area contributed by atoms with Crippen LogP contribution in [0.1, 0.15) is 31.7 Å². The number of carbonyl (C=O) groups is 3. The molecule has 0 saturated heterocycles. The molecule has 27 heavy (non-hydrogen) atoms. The SMILES string of the molecule is CC(N)C(=O)NC(Cc1ccc(O)cc1)C(=O)NC(CCCCN)C(=O)O. The van der Waals surface area contributed by atoms with E-state index >= 15 is 0 Å². The van der Waals surface area contributed by atoms with Gasteiger partial charge in [0.15, 0.2) is 0 Å². The number of phenols is 1. The van der Waals surface area contributed by atoms with E-state index in [-0.39, 0.29) is 18.6 Å². The van der Waals surface area contributed by atoms with Crippen LogP contribution in [-0.4, -0.2) is 52.7 Å². The molecule has 2 amide bonds. The van der Waals surface area contributed by atoms with Gasteiger partial charge in [-0.25, -0.2) is 4.79 Å². The monoisotopic (exact) mass is 380 g/mol. The fraction of sp³-hybridized carbons (Fsp3) is 0.500. The molecule has 0 aliphatic carbocycles. The maximum absolute atomic E-state index is 12.6. The summed E-state index contributed by atoms with van der Waals surface area (Å²) >= 11 is 0. The lowest BCUT2D eigenvalue weighted by molar-refractivity contribution is -0.142. The zero-order valence-corrected chi connectivity index (χ0v) is 15.4. The van der Waals surface area contributed by atoms with Crippen LogP contribution in [0, 0.1) is 0 Å². The quantitative estimate of drug-likeness (QED) is 0.280. The number of hydrogen-bond acceptors (Lipinski definition) is 6. The smallest absolute Gasteiger partial charge is 0.326 e. The lowest BCUT2D eigenvalue weighted by Crippen LogP contribution is -2.54. The molecular weight excluding hydrogens is 352 g/mol. The van der Waals surface area contributed by atoms with Gasteiger partial charge in [0.1, 0.15) is 17.8 Å². The van der Waals surface area contributed by atoms with Crippen LogP contribution in [0.25, 0.3) is 0 Å². The van der Waals surface area contributed by atoms with E-state index < -0.39 is 35.9 Å². The van der Waals surface area contributed by atoms with Crippen molar-refractivity contribution in [3.8, 4) is 5.75 Å². The minimum Gasteiger partial charge on any atom is -0.508 e. The van der Waals surface area contributed by atoms with Crippen LogP contribution in [0.2, 0.25) is 0 Å². The van der Waals surface area contributed by atoms with Crippen LogP contribution < -0.4 is 22.1 Å². The molecule has 150 valence electrons. The van der Waals surface area contributed by atoms with Crippen LogP contribution in [-0.2, 0) is 20.8 Å². The topological polar surface area (TPSA) is 168 Å². The van der Waals surface area contributed by atoms with Gasteiger partial charge in [-0.2, -0.15) is 0 Å². The Morgan fingerprint density at radius 2 is 1.63 bits per heavy atom. The normalized spacial score (nSPS) is 14.0. The summed E-state index contributed by atoms with van der Waals surface area (Å²) in [5, 5.41) is 23.7. The summed E-state index contributed by atoms with van der Waals surface area (Å²) in [6.45, 7) is 1.92. The maximum atomic E-state index is 12.6. The molecule has 0 aromatic heterocycles. The van der Waals surface area contributed by atoms with E-state index in [0.717, 1.165) is 0 Å². The predicted octanol–water partition coefficient (Wildman–Crippen LogP) is -0.535. The number of phenolic OH excluding ortho intramolecular Hbond substituents is 1. The van der Waals surface area contributed by atoms with E-state index in [9.17, 15) is 24.6 Å². The first-order valence-electron chi connectivity index (χ1n) is 8.81. The van der Waals surface area contributed by atoms with Crippen molar-refractivity contribution >= 4 is 17.8 Å². The third-order valence-corrected chi connectivity index (χ3v) is 3.98. The van der Waals surface area contributed by atoms with Gasteiger partial charge in [0, 0.05) is 6.42 Å². The zero-order chi connectivity index (χ0) is 20.4. The van der Waals surface area contributed by atoms with Gasteiger partial charge < -0.3 is 32.3 Å². The van der Waals surface area contributed by atoms with Gasteiger partial charge in [0.25, 0.3) is 0 Å². The Labute approximate surface area is 158 Å². The highest BCUT2D eigenvalue weighted by Crippen LogP contribution is 2.12. The number of carboxylic acid groups (broad SMARTS) is 1. The molecule has 0 aliphatic rings. The summed E-state index contributed by atoms with van der Waals surface area (Å²) in [5.74, 6) is -2.21. The van der Waals surface area contributed by atoms with Crippen LogP contribution in [0.15, 0.2) is 24.3 Å². The molecule has 1 aromatic carbocycles. The Bertz CT molecular complexity index is 633. The van der Waals surface area contributed by atoms with E-state index in [4.69, 9.17) is 11.5 Å². The summed E-state index contributed by atoms with van der Waals surface area (Å²) in [7, 11) is 0. The van der Waals surface area contributed by atoms with Crippen LogP contribution in [0.3, 0.4) is 0 Å². The van der Waals surface area contributed by atoms with Crippen molar-refractivity contribution in [2.24, 2.45) is 11.5 Å². The first-order chi connectivity index (χ1) is 12.7. The standard InChI is InChI=1S/C18H28N4O5/c1-11(20)16(24)22-15(10-12-5-7-13(23)8-6-12)17(25)21-14(18(26)27)4-2-3-9-19/h5-8,11,14-15,23H,2-4,9-10,19-20H2,1H3,(H,21,25)(H,22,24)(H,26,27).